The number of rotatable bonds is 7. The lowest BCUT2D eigenvalue weighted by molar-refractivity contribution is -0.126. The molecule has 9 heteroatoms. The Balaban J connectivity index is 1.52. The van der Waals surface area contributed by atoms with Crippen LogP contribution >= 0.6 is 11.3 Å². The molecule has 1 fully saturated rings. The van der Waals surface area contributed by atoms with E-state index >= 15 is 0 Å². The van der Waals surface area contributed by atoms with Crippen LogP contribution in [0.4, 0.5) is 0 Å². The second kappa shape index (κ2) is 10.2. The van der Waals surface area contributed by atoms with Crippen LogP contribution in [0.25, 0.3) is 12.2 Å². The molecule has 1 atom stereocenters. The predicted molar refractivity (Wildman–Crippen MR) is 134 cm³/mol. The summed E-state index contributed by atoms with van der Waals surface area (Å²) in [5.74, 6) is -0.314. The predicted octanol–water partition coefficient (Wildman–Crippen LogP) is 4.55. The van der Waals surface area contributed by atoms with Gasteiger partial charge in [0, 0.05) is 18.0 Å². The van der Waals surface area contributed by atoms with Crippen molar-refractivity contribution in [1.29, 1.82) is 0 Å². The first-order valence-electron chi connectivity index (χ1n) is 11.3. The molecule has 1 aliphatic heterocycles. The number of amides is 1. The summed E-state index contributed by atoms with van der Waals surface area (Å²) in [6.07, 6.45) is 4.78. The number of sulfonamides is 1. The van der Waals surface area contributed by atoms with E-state index in [0.29, 0.717) is 31.6 Å². The van der Waals surface area contributed by atoms with Crippen LogP contribution in [-0.2, 0) is 21.4 Å². The zero-order valence-electron chi connectivity index (χ0n) is 19.6. The van der Waals surface area contributed by atoms with Crippen molar-refractivity contribution in [2.45, 2.75) is 45.1 Å². The van der Waals surface area contributed by atoms with E-state index in [9.17, 15) is 13.2 Å². The minimum atomic E-state index is -3.88. The Hall–Kier alpha value is -2.75. The summed E-state index contributed by atoms with van der Waals surface area (Å²) < 4.78 is 34.0. The van der Waals surface area contributed by atoms with Crippen molar-refractivity contribution in [3.63, 3.8) is 0 Å². The Morgan fingerprint density at radius 3 is 2.85 bits per heavy atom. The van der Waals surface area contributed by atoms with E-state index in [2.05, 4.69) is 10.5 Å². The molecule has 1 aromatic carbocycles. The van der Waals surface area contributed by atoms with Gasteiger partial charge in [-0.25, -0.2) is 8.42 Å². The van der Waals surface area contributed by atoms with Gasteiger partial charge in [-0.05, 0) is 62.3 Å². The first-order valence-corrected chi connectivity index (χ1v) is 13.6. The largest absolute Gasteiger partial charge is 0.355 e. The van der Waals surface area contributed by atoms with Crippen molar-refractivity contribution in [3.05, 3.63) is 68.7 Å². The molecule has 34 heavy (non-hydrogen) atoms. The van der Waals surface area contributed by atoms with Crippen LogP contribution < -0.4 is 5.32 Å². The number of nitrogens with one attached hydrogen (secondary N) is 1. The fraction of sp³-hybridized carbons (Fsp3) is 0.360. The van der Waals surface area contributed by atoms with E-state index in [1.165, 1.54) is 4.31 Å². The molecule has 1 N–H and O–H groups in total. The van der Waals surface area contributed by atoms with Crippen molar-refractivity contribution < 1.29 is 17.7 Å². The molecule has 0 spiro atoms. The highest BCUT2D eigenvalue weighted by molar-refractivity contribution is 7.89. The Kier molecular flexibility index (Phi) is 7.35. The number of carbonyl (C=O) groups is 1. The monoisotopic (exact) mass is 499 g/mol. The molecule has 4 rings (SSSR count). The van der Waals surface area contributed by atoms with E-state index in [1.54, 1.807) is 24.3 Å². The lowest BCUT2D eigenvalue weighted by Gasteiger charge is -2.31. The molecule has 1 amide bonds. The van der Waals surface area contributed by atoms with Gasteiger partial charge in [0.25, 0.3) is 0 Å². The Morgan fingerprint density at radius 2 is 2.09 bits per heavy atom. The summed E-state index contributed by atoms with van der Waals surface area (Å²) >= 11 is 1.58. The average Bonchev–Trinajstić information content (AvgIpc) is 3.48. The topological polar surface area (TPSA) is 92.5 Å². The van der Waals surface area contributed by atoms with E-state index in [1.807, 2.05) is 55.6 Å². The van der Waals surface area contributed by atoms with Crippen LogP contribution in [0.15, 0.2) is 45.1 Å². The smallest absolute Gasteiger partial charge is 0.248 e. The maximum atomic E-state index is 13.6. The summed E-state index contributed by atoms with van der Waals surface area (Å²) in [7, 11) is -3.88. The molecular weight excluding hydrogens is 470 g/mol. The minimum Gasteiger partial charge on any atom is -0.355 e. The van der Waals surface area contributed by atoms with Crippen molar-refractivity contribution in [2.24, 2.45) is 5.92 Å². The molecule has 0 radical (unpaired) electrons. The molecule has 0 bridgehead atoms. The van der Waals surface area contributed by atoms with Gasteiger partial charge in [-0.1, -0.05) is 41.1 Å². The third-order valence-electron chi connectivity index (χ3n) is 6.05. The summed E-state index contributed by atoms with van der Waals surface area (Å²) in [6, 6.07) is 9.99. The Labute approximate surface area is 204 Å². The van der Waals surface area contributed by atoms with Crippen molar-refractivity contribution in [1.82, 2.24) is 14.8 Å². The number of aromatic nitrogens is 1. The lowest BCUT2D eigenvalue weighted by atomic mass is 9.99. The quantitative estimate of drug-likeness (QED) is 0.515. The van der Waals surface area contributed by atoms with Crippen molar-refractivity contribution in [3.8, 4) is 0 Å². The number of benzene rings is 1. The summed E-state index contributed by atoms with van der Waals surface area (Å²) in [5, 5.41) is 8.83. The van der Waals surface area contributed by atoms with E-state index in [-0.39, 0.29) is 23.1 Å². The van der Waals surface area contributed by atoms with Crippen LogP contribution in [0.3, 0.4) is 0 Å². The molecule has 1 unspecified atom stereocenters. The average molecular weight is 500 g/mol. The first-order chi connectivity index (χ1) is 16.3. The summed E-state index contributed by atoms with van der Waals surface area (Å²) in [6.45, 7) is 6.60. The molecule has 1 saturated heterocycles. The molecular formula is C25H29N3O4S2. The van der Waals surface area contributed by atoms with E-state index in [4.69, 9.17) is 4.52 Å². The van der Waals surface area contributed by atoms with Gasteiger partial charge in [-0.15, -0.1) is 11.3 Å². The van der Waals surface area contributed by atoms with Gasteiger partial charge in [0.05, 0.1) is 12.5 Å². The third-order valence-corrected chi connectivity index (χ3v) is 8.95. The van der Waals surface area contributed by atoms with Crippen molar-refractivity contribution in [2.75, 3.05) is 13.1 Å². The SMILES string of the molecule is Cc1ccc(C)c(C=Cc2onc(C)c2S(=O)(=O)N2CCCC(C(=O)NCc3cccs3)C2)c1. The molecule has 7 nitrogen and oxygen atoms in total. The van der Waals surface area contributed by atoms with Gasteiger partial charge in [-0.3, -0.25) is 4.79 Å². The maximum Gasteiger partial charge on any atom is 0.248 e. The molecule has 0 saturated carbocycles. The number of thiophene rings is 1. The van der Waals surface area contributed by atoms with Gasteiger partial charge < -0.3 is 9.84 Å². The van der Waals surface area contributed by atoms with Crippen LogP contribution in [0, 0.1) is 26.7 Å². The second-order valence-electron chi connectivity index (χ2n) is 8.65. The van der Waals surface area contributed by atoms with Gasteiger partial charge in [0.2, 0.25) is 15.9 Å². The maximum absolute atomic E-state index is 13.6. The number of carbonyl (C=O) groups excluding carboxylic acids is 1. The normalized spacial score (nSPS) is 17.3. The highest BCUT2D eigenvalue weighted by atomic mass is 32.2. The standard InChI is InChI=1S/C25H29N3O4S2/c1-17-8-9-18(2)20(14-17)10-11-23-24(19(3)27-32-23)34(30,31)28-12-4-6-21(16-28)25(29)26-15-22-7-5-13-33-22/h5,7-11,13-14,21H,4,6,12,15-16H2,1-3H3,(H,26,29). The molecule has 2 aromatic heterocycles. The highest BCUT2D eigenvalue weighted by Gasteiger charge is 2.36. The zero-order chi connectivity index (χ0) is 24.3. The van der Waals surface area contributed by atoms with Crippen LogP contribution in [0.1, 0.15) is 45.9 Å². The molecule has 3 heterocycles. The third kappa shape index (κ3) is 5.32. The number of piperidine rings is 1. The summed E-state index contributed by atoms with van der Waals surface area (Å²) in [5.41, 5.74) is 3.49. The number of hydrogen-bond donors (Lipinski definition) is 1. The lowest BCUT2D eigenvalue weighted by Crippen LogP contribution is -2.45. The Morgan fingerprint density at radius 1 is 1.26 bits per heavy atom. The fourth-order valence-corrected chi connectivity index (χ4v) is 6.56. The molecule has 0 aliphatic carbocycles. The van der Waals surface area contributed by atoms with Gasteiger partial charge >= 0.3 is 0 Å². The van der Waals surface area contributed by atoms with E-state index in [0.717, 1.165) is 21.6 Å². The zero-order valence-corrected chi connectivity index (χ0v) is 21.2. The number of nitrogens with zero attached hydrogens (tertiary/aromatic N) is 2. The first kappa shape index (κ1) is 24.4. The fourth-order valence-electron chi connectivity index (χ4n) is 4.14. The van der Waals surface area contributed by atoms with Crippen molar-refractivity contribution >= 4 is 39.4 Å². The van der Waals surface area contributed by atoms with Gasteiger partial charge in [-0.2, -0.15) is 4.31 Å². The van der Waals surface area contributed by atoms with E-state index < -0.39 is 15.9 Å². The number of aryl methyl sites for hydroxylation is 3. The highest BCUT2D eigenvalue weighted by Crippen LogP contribution is 2.29. The van der Waals surface area contributed by atoms with Gasteiger partial charge in [0.15, 0.2) is 10.7 Å². The van der Waals surface area contributed by atoms with Crippen LogP contribution in [0.5, 0.6) is 0 Å². The Bertz CT molecular complexity index is 1290. The minimum absolute atomic E-state index is 0.0636. The molecule has 1 aliphatic rings. The van der Waals surface area contributed by atoms with Crippen LogP contribution in [0.2, 0.25) is 0 Å². The number of hydrogen-bond acceptors (Lipinski definition) is 6. The molecule has 3 aromatic rings. The van der Waals surface area contributed by atoms with Crippen LogP contribution in [-0.4, -0.2) is 36.9 Å². The van der Waals surface area contributed by atoms with Gasteiger partial charge in [0.1, 0.15) is 5.69 Å². The second-order valence-corrected chi connectivity index (χ2v) is 11.6. The molecule has 180 valence electrons. The summed E-state index contributed by atoms with van der Waals surface area (Å²) in [4.78, 5) is 13.9.